The van der Waals surface area contributed by atoms with Crippen molar-refractivity contribution in [1.82, 2.24) is 25.9 Å². The Morgan fingerprint density at radius 3 is 2.29 bits per heavy atom. The Labute approximate surface area is 160 Å². The van der Waals surface area contributed by atoms with E-state index in [0.717, 1.165) is 0 Å². The number of amides is 4. The van der Waals surface area contributed by atoms with E-state index in [9.17, 15) is 24.3 Å². The predicted molar refractivity (Wildman–Crippen MR) is 95.1 cm³/mol. The number of imidazole rings is 1. The number of nitrogens with one attached hydrogen (secondary N) is 4. The third-order valence-electron chi connectivity index (χ3n) is 3.72. The molecule has 0 saturated carbocycles. The monoisotopic (exact) mass is 399 g/mol. The van der Waals surface area contributed by atoms with Crippen molar-refractivity contribution < 1.29 is 29.4 Å². The summed E-state index contributed by atoms with van der Waals surface area (Å²) in [5, 5.41) is 25.8. The van der Waals surface area contributed by atoms with Crippen LogP contribution in [0.5, 0.6) is 0 Å². The minimum atomic E-state index is -1.36. The van der Waals surface area contributed by atoms with Gasteiger partial charge in [-0.25, -0.2) is 4.98 Å². The van der Waals surface area contributed by atoms with Crippen molar-refractivity contribution in [3.05, 3.63) is 18.2 Å². The number of aromatic nitrogens is 2. The Morgan fingerprint density at radius 2 is 1.82 bits per heavy atom. The molecule has 0 aliphatic heterocycles. The molecule has 0 aliphatic rings. The van der Waals surface area contributed by atoms with Crippen molar-refractivity contribution in [2.24, 2.45) is 11.5 Å². The van der Waals surface area contributed by atoms with Crippen LogP contribution in [0.1, 0.15) is 12.6 Å². The lowest BCUT2D eigenvalue weighted by Crippen LogP contribution is -2.59. The third-order valence-corrected chi connectivity index (χ3v) is 3.72. The Kier molecular flexibility index (Phi) is 9.01. The van der Waals surface area contributed by atoms with Crippen molar-refractivity contribution in [3.63, 3.8) is 0 Å². The standard InChI is InChI=1S/C15H25N7O6/c1-7(24)12(22-11(25)3-16)15(28)20-9(2-8-4-18-6-19-8)14(27)21-10(5-23)13(17)26/h4,6-7,9-10,12,23-24H,2-3,5,16H2,1H3,(H2,17,26)(H,18,19)(H,20,28)(H,21,27)(H,22,25)/t7-,9+,10+,12+/m1/s1. The molecular weight excluding hydrogens is 374 g/mol. The summed E-state index contributed by atoms with van der Waals surface area (Å²) in [6.45, 7) is 0.153. The first-order valence-electron chi connectivity index (χ1n) is 8.35. The first-order chi connectivity index (χ1) is 13.2. The number of primary amides is 1. The maximum atomic E-state index is 12.5. The van der Waals surface area contributed by atoms with E-state index < -0.39 is 61.0 Å². The molecule has 28 heavy (non-hydrogen) atoms. The number of nitrogens with zero attached hydrogens (tertiary/aromatic N) is 1. The van der Waals surface area contributed by atoms with Gasteiger partial charge in [0, 0.05) is 18.3 Å². The van der Waals surface area contributed by atoms with Crippen LogP contribution in [-0.4, -0.2) is 81.2 Å². The Hall–Kier alpha value is -3.03. The Balaban J connectivity index is 2.97. The van der Waals surface area contributed by atoms with Gasteiger partial charge in [0.1, 0.15) is 18.1 Å². The molecule has 0 aromatic carbocycles. The van der Waals surface area contributed by atoms with Gasteiger partial charge in [0.2, 0.25) is 23.6 Å². The van der Waals surface area contributed by atoms with Gasteiger partial charge in [-0.2, -0.15) is 0 Å². The van der Waals surface area contributed by atoms with E-state index in [0.29, 0.717) is 5.69 Å². The van der Waals surface area contributed by atoms with Gasteiger partial charge < -0.3 is 42.6 Å². The molecule has 1 aromatic rings. The molecular formula is C15H25N7O6. The fraction of sp³-hybridized carbons (Fsp3) is 0.533. The molecule has 1 rings (SSSR count). The summed E-state index contributed by atoms with van der Waals surface area (Å²) in [5.41, 5.74) is 10.8. The number of aliphatic hydroxyl groups excluding tert-OH is 2. The molecule has 4 atom stereocenters. The number of carbonyl (C=O) groups excluding carboxylic acids is 4. The van der Waals surface area contributed by atoms with Crippen molar-refractivity contribution in [2.75, 3.05) is 13.2 Å². The van der Waals surface area contributed by atoms with Crippen LogP contribution in [0.25, 0.3) is 0 Å². The van der Waals surface area contributed by atoms with Gasteiger partial charge in [-0.3, -0.25) is 19.2 Å². The number of H-pyrrole nitrogens is 1. The Bertz CT molecular complexity index is 678. The van der Waals surface area contributed by atoms with Gasteiger partial charge in [-0.15, -0.1) is 0 Å². The molecule has 13 heteroatoms. The van der Waals surface area contributed by atoms with Gasteiger partial charge in [0.25, 0.3) is 0 Å². The van der Waals surface area contributed by atoms with E-state index in [1.54, 1.807) is 0 Å². The lowest BCUT2D eigenvalue weighted by molar-refractivity contribution is -0.135. The van der Waals surface area contributed by atoms with Gasteiger partial charge in [0.05, 0.1) is 25.6 Å². The van der Waals surface area contributed by atoms with E-state index in [1.807, 2.05) is 0 Å². The quantitative estimate of drug-likeness (QED) is 0.180. The van der Waals surface area contributed by atoms with E-state index >= 15 is 0 Å². The fourth-order valence-electron chi connectivity index (χ4n) is 2.20. The molecule has 0 bridgehead atoms. The number of hydrogen-bond donors (Lipinski definition) is 8. The van der Waals surface area contributed by atoms with Crippen LogP contribution in [0.3, 0.4) is 0 Å². The maximum Gasteiger partial charge on any atom is 0.245 e. The van der Waals surface area contributed by atoms with Crippen molar-refractivity contribution in [1.29, 1.82) is 0 Å². The fourth-order valence-corrected chi connectivity index (χ4v) is 2.20. The highest BCUT2D eigenvalue weighted by molar-refractivity contribution is 5.94. The highest BCUT2D eigenvalue weighted by Gasteiger charge is 2.31. The second kappa shape index (κ2) is 11.0. The molecule has 10 N–H and O–H groups in total. The highest BCUT2D eigenvalue weighted by atomic mass is 16.3. The summed E-state index contributed by atoms with van der Waals surface area (Å²) in [6, 6.07) is -3.94. The highest BCUT2D eigenvalue weighted by Crippen LogP contribution is 2.02. The van der Waals surface area contributed by atoms with Crippen molar-refractivity contribution in [3.8, 4) is 0 Å². The Morgan fingerprint density at radius 1 is 1.18 bits per heavy atom. The van der Waals surface area contributed by atoms with E-state index in [4.69, 9.17) is 16.6 Å². The first kappa shape index (κ1) is 23.0. The normalized spacial score (nSPS) is 15.0. The average Bonchev–Trinajstić information content (AvgIpc) is 3.15. The summed E-state index contributed by atoms with van der Waals surface area (Å²) in [6.07, 6.45) is 1.46. The molecule has 0 saturated heterocycles. The lowest BCUT2D eigenvalue weighted by atomic mass is 10.1. The summed E-state index contributed by atoms with van der Waals surface area (Å²) in [5.74, 6) is -3.30. The molecule has 0 spiro atoms. The minimum Gasteiger partial charge on any atom is -0.394 e. The first-order valence-corrected chi connectivity index (χ1v) is 8.35. The van der Waals surface area contributed by atoms with E-state index in [1.165, 1.54) is 19.4 Å². The van der Waals surface area contributed by atoms with E-state index in [-0.39, 0.29) is 6.42 Å². The van der Waals surface area contributed by atoms with E-state index in [2.05, 4.69) is 25.9 Å². The summed E-state index contributed by atoms with van der Waals surface area (Å²) in [4.78, 5) is 54.3. The molecule has 1 aromatic heterocycles. The topological polar surface area (TPSA) is 226 Å². The molecule has 0 unspecified atom stereocenters. The predicted octanol–water partition coefficient (Wildman–Crippen LogP) is -4.78. The lowest BCUT2D eigenvalue weighted by Gasteiger charge is -2.25. The third kappa shape index (κ3) is 6.94. The summed E-state index contributed by atoms with van der Waals surface area (Å²) < 4.78 is 0. The zero-order valence-corrected chi connectivity index (χ0v) is 15.2. The van der Waals surface area contributed by atoms with Crippen LogP contribution in [0.15, 0.2) is 12.5 Å². The zero-order valence-electron chi connectivity index (χ0n) is 15.2. The van der Waals surface area contributed by atoms with Crippen molar-refractivity contribution >= 4 is 23.6 Å². The SMILES string of the molecule is C[C@@H](O)[C@H](NC(=O)CN)C(=O)N[C@@H](Cc1cnc[nH]1)C(=O)N[C@@H](CO)C(N)=O. The minimum absolute atomic E-state index is 0.0498. The molecule has 0 radical (unpaired) electrons. The number of hydrogen-bond acceptors (Lipinski definition) is 8. The maximum absolute atomic E-state index is 12.5. The summed E-state index contributed by atoms with van der Waals surface area (Å²) >= 11 is 0. The number of nitrogens with two attached hydrogens (primary N) is 2. The van der Waals surface area contributed by atoms with Crippen LogP contribution in [0.2, 0.25) is 0 Å². The zero-order chi connectivity index (χ0) is 21.3. The van der Waals surface area contributed by atoms with Gasteiger partial charge in [-0.05, 0) is 6.92 Å². The van der Waals surface area contributed by atoms with Gasteiger partial charge >= 0.3 is 0 Å². The molecule has 13 nitrogen and oxygen atoms in total. The molecule has 0 aliphatic carbocycles. The average molecular weight is 399 g/mol. The van der Waals surface area contributed by atoms with Crippen LogP contribution in [0.4, 0.5) is 0 Å². The van der Waals surface area contributed by atoms with Crippen molar-refractivity contribution in [2.45, 2.75) is 37.6 Å². The van der Waals surface area contributed by atoms with Crippen LogP contribution in [-0.2, 0) is 25.6 Å². The van der Waals surface area contributed by atoms with Crippen LogP contribution >= 0.6 is 0 Å². The van der Waals surface area contributed by atoms with Crippen LogP contribution in [0, 0.1) is 0 Å². The smallest absolute Gasteiger partial charge is 0.245 e. The number of aliphatic hydroxyl groups is 2. The van der Waals surface area contributed by atoms with Gasteiger partial charge in [-0.1, -0.05) is 0 Å². The molecule has 156 valence electrons. The van der Waals surface area contributed by atoms with Crippen LogP contribution < -0.4 is 27.4 Å². The molecule has 4 amide bonds. The number of rotatable bonds is 11. The number of aromatic amines is 1. The van der Waals surface area contributed by atoms with Gasteiger partial charge in [0.15, 0.2) is 0 Å². The molecule has 1 heterocycles. The largest absolute Gasteiger partial charge is 0.394 e. The second-order valence-corrected chi connectivity index (χ2v) is 5.98. The second-order valence-electron chi connectivity index (χ2n) is 5.98. The molecule has 0 fully saturated rings. The number of carbonyl (C=O) groups is 4. The summed E-state index contributed by atoms with van der Waals surface area (Å²) in [7, 11) is 0.